The van der Waals surface area contributed by atoms with E-state index in [0.29, 0.717) is 29.2 Å². The molecule has 2 aliphatic rings. The Morgan fingerprint density at radius 3 is 2.56 bits per heavy atom. The van der Waals surface area contributed by atoms with Crippen LogP contribution in [0.5, 0.6) is 11.5 Å². The first-order valence-electron chi connectivity index (χ1n) is 11.2. The average Bonchev–Trinajstić information content (AvgIpc) is 3.51. The van der Waals surface area contributed by atoms with E-state index in [1.165, 1.54) is 11.2 Å². The molecule has 1 N–H and O–H groups in total. The van der Waals surface area contributed by atoms with E-state index in [9.17, 15) is 14.7 Å². The first-order valence-corrected chi connectivity index (χ1v) is 11.2. The molecule has 0 saturated carbocycles. The number of anilines is 1. The van der Waals surface area contributed by atoms with Gasteiger partial charge in [-0.1, -0.05) is 0 Å². The Hall–Kier alpha value is -4.00. The van der Waals surface area contributed by atoms with E-state index in [2.05, 4.69) is 0 Å². The van der Waals surface area contributed by atoms with Crippen LogP contribution in [0.4, 0.5) is 5.69 Å². The van der Waals surface area contributed by atoms with Gasteiger partial charge in [-0.25, -0.2) is 0 Å². The maximum atomic E-state index is 13.2. The quantitative estimate of drug-likeness (QED) is 0.328. The highest BCUT2D eigenvalue weighted by Gasteiger charge is 2.48. The number of carbonyl (C=O) groups excluding carboxylic acids is 2. The monoisotopic (exact) mass is 459 g/mol. The Labute approximate surface area is 197 Å². The fraction of sp³-hybridized carbons (Fsp3) is 0.259. The maximum Gasteiger partial charge on any atom is 0.300 e. The van der Waals surface area contributed by atoms with Crippen LogP contribution < -0.4 is 14.4 Å². The molecule has 34 heavy (non-hydrogen) atoms. The minimum Gasteiger partial charge on any atom is -0.507 e. The molecular formula is C27H25NO6. The van der Waals surface area contributed by atoms with Crippen molar-refractivity contribution in [2.45, 2.75) is 45.4 Å². The van der Waals surface area contributed by atoms with Crippen molar-refractivity contribution in [3.63, 3.8) is 0 Å². The minimum atomic E-state index is -0.907. The van der Waals surface area contributed by atoms with Gasteiger partial charge in [0, 0.05) is 17.7 Å². The van der Waals surface area contributed by atoms with E-state index in [0.717, 1.165) is 11.3 Å². The molecule has 0 spiro atoms. The molecule has 0 radical (unpaired) electrons. The number of furan rings is 1. The number of fused-ring (bicyclic) bond motifs is 1. The van der Waals surface area contributed by atoms with E-state index < -0.39 is 17.7 Å². The number of carbonyl (C=O) groups is 2. The van der Waals surface area contributed by atoms with Crippen LogP contribution in [0.2, 0.25) is 0 Å². The van der Waals surface area contributed by atoms with Gasteiger partial charge in [-0.15, -0.1) is 0 Å². The van der Waals surface area contributed by atoms with Crippen molar-refractivity contribution < 1.29 is 28.6 Å². The van der Waals surface area contributed by atoms with E-state index in [1.807, 2.05) is 20.8 Å². The van der Waals surface area contributed by atoms with Crippen LogP contribution >= 0.6 is 0 Å². The summed E-state index contributed by atoms with van der Waals surface area (Å²) in [4.78, 5) is 27.7. The van der Waals surface area contributed by atoms with E-state index in [4.69, 9.17) is 13.9 Å². The predicted octanol–water partition coefficient (Wildman–Crippen LogP) is 5.02. The number of nitrogens with zero attached hydrogens (tertiary/aromatic N) is 1. The molecule has 7 heteroatoms. The van der Waals surface area contributed by atoms with Crippen molar-refractivity contribution in [1.29, 1.82) is 0 Å². The molecule has 0 bridgehead atoms. The lowest BCUT2D eigenvalue weighted by molar-refractivity contribution is -0.132. The molecule has 2 atom stereocenters. The largest absolute Gasteiger partial charge is 0.507 e. The van der Waals surface area contributed by atoms with Crippen molar-refractivity contribution in [3.8, 4) is 11.5 Å². The number of Topliss-reactive ketones (excluding diaryl/α,β-unsaturated/α-hetero) is 1. The van der Waals surface area contributed by atoms with Crippen LogP contribution in [0.3, 0.4) is 0 Å². The number of aliphatic hydroxyl groups excluding tert-OH is 1. The fourth-order valence-electron chi connectivity index (χ4n) is 4.50. The number of rotatable bonds is 5. The Morgan fingerprint density at radius 1 is 1.12 bits per heavy atom. The highest BCUT2D eigenvalue weighted by molar-refractivity contribution is 6.51. The maximum absolute atomic E-state index is 13.2. The number of hydrogen-bond donors (Lipinski definition) is 1. The molecule has 1 amide bonds. The zero-order valence-electron chi connectivity index (χ0n) is 19.1. The van der Waals surface area contributed by atoms with Gasteiger partial charge in [-0.2, -0.15) is 0 Å². The molecule has 2 aromatic carbocycles. The van der Waals surface area contributed by atoms with Crippen LogP contribution in [-0.4, -0.2) is 29.0 Å². The van der Waals surface area contributed by atoms with Crippen LogP contribution in [0, 0.1) is 0 Å². The lowest BCUT2D eigenvalue weighted by Crippen LogP contribution is -2.29. The minimum absolute atomic E-state index is 0.00362. The van der Waals surface area contributed by atoms with Crippen molar-refractivity contribution >= 4 is 23.1 Å². The molecular weight excluding hydrogens is 434 g/mol. The van der Waals surface area contributed by atoms with E-state index in [-0.39, 0.29) is 23.5 Å². The van der Waals surface area contributed by atoms with Crippen LogP contribution in [0.25, 0.3) is 5.76 Å². The lowest BCUT2D eigenvalue weighted by atomic mass is 9.97. The first kappa shape index (κ1) is 21.8. The SMILES string of the molecule is CC(C)Oc1ccc(N2C(=O)C(=O)/C(=C(\O)c3ccc4c(c3)CC(C)O4)C2c2ccco2)cc1. The van der Waals surface area contributed by atoms with Gasteiger partial charge in [-0.3, -0.25) is 14.5 Å². The van der Waals surface area contributed by atoms with Crippen LogP contribution in [0.1, 0.15) is 43.7 Å². The number of benzene rings is 2. The summed E-state index contributed by atoms with van der Waals surface area (Å²) in [7, 11) is 0. The Bertz CT molecular complexity index is 1270. The third kappa shape index (κ3) is 3.73. The summed E-state index contributed by atoms with van der Waals surface area (Å²) in [5.41, 5.74) is 1.87. The standard InChI is InChI=1S/C27H25NO6/c1-15(2)33-20-9-7-19(8-10-20)28-24(22-5-4-12-32-22)23(26(30)27(28)31)25(29)17-6-11-21-18(14-17)13-16(3)34-21/h4-12,14-16,24,29H,13H2,1-3H3/b25-23-. The molecule has 1 fully saturated rings. The Kier molecular flexibility index (Phi) is 5.40. The van der Waals surface area contributed by atoms with Gasteiger partial charge < -0.3 is 19.0 Å². The summed E-state index contributed by atoms with van der Waals surface area (Å²) in [6.07, 6.45) is 2.23. The lowest BCUT2D eigenvalue weighted by Gasteiger charge is -2.23. The molecule has 3 heterocycles. The van der Waals surface area contributed by atoms with Crippen LogP contribution in [0.15, 0.2) is 70.9 Å². The molecule has 0 aliphatic carbocycles. The van der Waals surface area contributed by atoms with Gasteiger partial charge >= 0.3 is 0 Å². The van der Waals surface area contributed by atoms with Gasteiger partial charge in [0.25, 0.3) is 11.7 Å². The number of aliphatic hydroxyl groups is 1. The van der Waals surface area contributed by atoms with Crippen LogP contribution in [-0.2, 0) is 16.0 Å². The normalized spacial score (nSPS) is 21.1. The summed E-state index contributed by atoms with van der Waals surface area (Å²) in [5, 5.41) is 11.3. The number of hydrogen-bond acceptors (Lipinski definition) is 6. The van der Waals surface area contributed by atoms with Crippen molar-refractivity contribution in [3.05, 3.63) is 83.3 Å². The molecule has 1 aromatic heterocycles. The third-order valence-electron chi connectivity index (χ3n) is 5.91. The topological polar surface area (TPSA) is 89.2 Å². The molecule has 1 saturated heterocycles. The summed E-state index contributed by atoms with van der Waals surface area (Å²) in [6.45, 7) is 5.82. The van der Waals surface area contributed by atoms with Gasteiger partial charge in [0.15, 0.2) is 0 Å². The number of ketones is 1. The molecule has 2 unspecified atom stereocenters. The number of amides is 1. The molecule has 5 rings (SSSR count). The highest BCUT2D eigenvalue weighted by Crippen LogP contribution is 2.43. The summed E-state index contributed by atoms with van der Waals surface area (Å²) in [5.74, 6) is 0.0334. The number of ether oxygens (including phenoxy) is 2. The van der Waals surface area contributed by atoms with E-state index in [1.54, 1.807) is 54.6 Å². The smallest absolute Gasteiger partial charge is 0.300 e. The molecule has 2 aliphatic heterocycles. The second kappa shape index (κ2) is 8.41. The summed E-state index contributed by atoms with van der Waals surface area (Å²) >= 11 is 0. The zero-order chi connectivity index (χ0) is 24.0. The molecule has 7 nitrogen and oxygen atoms in total. The predicted molar refractivity (Wildman–Crippen MR) is 126 cm³/mol. The highest BCUT2D eigenvalue weighted by atomic mass is 16.5. The van der Waals surface area contributed by atoms with E-state index >= 15 is 0 Å². The molecule has 174 valence electrons. The van der Waals surface area contributed by atoms with Gasteiger partial charge in [0.1, 0.15) is 35.2 Å². The van der Waals surface area contributed by atoms with Crippen molar-refractivity contribution in [2.24, 2.45) is 0 Å². The average molecular weight is 459 g/mol. The van der Waals surface area contributed by atoms with Gasteiger partial charge in [0.2, 0.25) is 0 Å². The van der Waals surface area contributed by atoms with Crippen molar-refractivity contribution in [1.82, 2.24) is 0 Å². The summed E-state index contributed by atoms with van der Waals surface area (Å²) < 4.78 is 17.0. The second-order valence-corrected chi connectivity index (χ2v) is 8.80. The fourth-order valence-corrected chi connectivity index (χ4v) is 4.50. The molecule has 3 aromatic rings. The third-order valence-corrected chi connectivity index (χ3v) is 5.91. The Morgan fingerprint density at radius 2 is 1.88 bits per heavy atom. The first-order chi connectivity index (χ1) is 16.3. The zero-order valence-corrected chi connectivity index (χ0v) is 19.1. The second-order valence-electron chi connectivity index (χ2n) is 8.80. The van der Waals surface area contributed by atoms with Gasteiger partial charge in [-0.05, 0) is 80.9 Å². The Balaban J connectivity index is 1.60. The van der Waals surface area contributed by atoms with Crippen molar-refractivity contribution in [2.75, 3.05) is 4.90 Å². The van der Waals surface area contributed by atoms with Gasteiger partial charge in [0.05, 0.1) is 17.9 Å². The summed E-state index contributed by atoms with van der Waals surface area (Å²) in [6, 6.07) is 14.7.